The summed E-state index contributed by atoms with van der Waals surface area (Å²) in [5, 5.41) is 0. The summed E-state index contributed by atoms with van der Waals surface area (Å²) >= 11 is 3.45. The van der Waals surface area contributed by atoms with E-state index in [1.54, 1.807) is 7.11 Å². The maximum Gasteiger partial charge on any atom is 0.313 e. The van der Waals surface area contributed by atoms with Crippen molar-refractivity contribution >= 4 is 27.5 Å². The van der Waals surface area contributed by atoms with Crippen LogP contribution < -0.4 is 4.74 Å². The monoisotopic (exact) mass is 388 g/mol. The van der Waals surface area contributed by atoms with Crippen molar-refractivity contribution in [2.24, 2.45) is 0 Å². The largest absolute Gasteiger partial charge is 0.497 e. The Balaban J connectivity index is 2.09. The zero-order valence-electron chi connectivity index (χ0n) is 13.9. The third-order valence-corrected chi connectivity index (χ3v) is 4.46. The molecular formula is C20H21BrO3. The first-order valence-corrected chi connectivity index (χ1v) is 8.50. The molecule has 0 heterocycles. The van der Waals surface area contributed by atoms with Crippen molar-refractivity contribution in [3.05, 3.63) is 70.7 Å². The molecule has 2 rings (SSSR count). The number of halogens is 1. The number of methoxy groups -OCH3 is 2. The molecule has 2 aromatic carbocycles. The molecule has 126 valence electrons. The number of carbonyl (C=O) groups excluding carboxylic acids is 1. The van der Waals surface area contributed by atoms with Gasteiger partial charge < -0.3 is 9.47 Å². The fourth-order valence-electron chi connectivity index (χ4n) is 2.58. The number of benzene rings is 2. The molecule has 1 atom stereocenters. The Morgan fingerprint density at radius 1 is 1.17 bits per heavy atom. The second kappa shape index (κ2) is 8.69. The average molecular weight is 389 g/mol. The van der Waals surface area contributed by atoms with Crippen molar-refractivity contribution in [2.45, 2.75) is 18.8 Å². The third-order valence-electron chi connectivity index (χ3n) is 3.97. The molecule has 0 saturated heterocycles. The van der Waals surface area contributed by atoms with Gasteiger partial charge in [-0.1, -0.05) is 46.8 Å². The van der Waals surface area contributed by atoms with Crippen LogP contribution in [0.15, 0.2) is 59.6 Å². The van der Waals surface area contributed by atoms with Gasteiger partial charge >= 0.3 is 5.97 Å². The lowest BCUT2D eigenvalue weighted by Crippen LogP contribution is -2.14. The van der Waals surface area contributed by atoms with Crippen LogP contribution in [0.3, 0.4) is 0 Å². The normalized spacial score (nSPS) is 11.6. The fraction of sp³-hybridized carbons (Fsp3) is 0.250. The van der Waals surface area contributed by atoms with Gasteiger partial charge in [-0.05, 0) is 53.8 Å². The third kappa shape index (κ3) is 4.71. The van der Waals surface area contributed by atoms with E-state index in [-0.39, 0.29) is 11.9 Å². The fourth-order valence-corrected chi connectivity index (χ4v) is 2.99. The molecule has 0 N–H and O–H groups in total. The molecule has 0 amide bonds. The van der Waals surface area contributed by atoms with Crippen LogP contribution in [0.4, 0.5) is 0 Å². The lowest BCUT2D eigenvalue weighted by Gasteiger charge is -2.16. The molecule has 0 aliphatic heterocycles. The molecule has 24 heavy (non-hydrogen) atoms. The molecular weight excluding hydrogens is 368 g/mol. The van der Waals surface area contributed by atoms with Gasteiger partial charge in [0.25, 0.3) is 0 Å². The lowest BCUT2D eigenvalue weighted by atomic mass is 9.91. The van der Waals surface area contributed by atoms with Crippen LogP contribution in [0.25, 0.3) is 5.57 Å². The zero-order chi connectivity index (χ0) is 17.5. The Kier molecular flexibility index (Phi) is 6.62. The number of hydrogen-bond donors (Lipinski definition) is 0. The van der Waals surface area contributed by atoms with E-state index in [2.05, 4.69) is 22.5 Å². The summed E-state index contributed by atoms with van der Waals surface area (Å²) in [4.78, 5) is 12.2. The minimum Gasteiger partial charge on any atom is -0.497 e. The Labute approximate surface area is 151 Å². The Morgan fingerprint density at radius 2 is 1.88 bits per heavy atom. The highest BCUT2D eigenvalue weighted by Crippen LogP contribution is 2.29. The first-order chi connectivity index (χ1) is 11.5. The van der Waals surface area contributed by atoms with Crippen molar-refractivity contribution in [3.63, 3.8) is 0 Å². The number of allylic oxidation sites excluding steroid dienone is 1. The van der Waals surface area contributed by atoms with E-state index < -0.39 is 0 Å². The predicted molar refractivity (Wildman–Crippen MR) is 100 cm³/mol. The van der Waals surface area contributed by atoms with Crippen LogP contribution in [0.2, 0.25) is 0 Å². The van der Waals surface area contributed by atoms with E-state index in [9.17, 15) is 4.79 Å². The summed E-state index contributed by atoms with van der Waals surface area (Å²) in [6, 6.07) is 15.5. The maximum absolute atomic E-state index is 12.2. The summed E-state index contributed by atoms with van der Waals surface area (Å²) in [5.74, 6) is 0.284. The standard InChI is InChI=1S/C20H21BrO3/c1-14(15-8-10-18(23-2)11-9-15)7-12-19(20(22)24-3)16-5-4-6-17(21)13-16/h4-6,8-11,13,19H,1,7,12H2,2-3H3. The van der Waals surface area contributed by atoms with Gasteiger partial charge in [-0.15, -0.1) is 0 Å². The Bertz CT molecular complexity index is 707. The second-order valence-corrected chi connectivity index (χ2v) is 6.42. The summed E-state index contributed by atoms with van der Waals surface area (Å²) in [6.07, 6.45) is 1.35. The van der Waals surface area contributed by atoms with E-state index in [1.165, 1.54) is 7.11 Å². The van der Waals surface area contributed by atoms with Gasteiger partial charge in [0.2, 0.25) is 0 Å². The van der Waals surface area contributed by atoms with Crippen LogP contribution in [0.1, 0.15) is 29.9 Å². The predicted octanol–water partition coefficient (Wildman–Crippen LogP) is 5.21. The first-order valence-electron chi connectivity index (χ1n) is 7.70. The molecule has 3 nitrogen and oxygen atoms in total. The highest BCUT2D eigenvalue weighted by atomic mass is 79.9. The molecule has 0 radical (unpaired) electrons. The van der Waals surface area contributed by atoms with E-state index >= 15 is 0 Å². The molecule has 0 bridgehead atoms. The molecule has 0 spiro atoms. The van der Waals surface area contributed by atoms with Gasteiger partial charge in [0.15, 0.2) is 0 Å². The van der Waals surface area contributed by atoms with Crippen molar-refractivity contribution in [1.82, 2.24) is 0 Å². The molecule has 0 fully saturated rings. The van der Waals surface area contributed by atoms with Crippen LogP contribution in [0, 0.1) is 0 Å². The highest BCUT2D eigenvalue weighted by molar-refractivity contribution is 9.10. The minimum atomic E-state index is -0.303. The number of esters is 1. The SMILES string of the molecule is C=C(CCC(C(=O)OC)c1cccc(Br)c1)c1ccc(OC)cc1. The summed E-state index contributed by atoms with van der Waals surface area (Å²) in [6.45, 7) is 4.15. The molecule has 0 aromatic heterocycles. The number of rotatable bonds is 7. The van der Waals surface area contributed by atoms with Gasteiger partial charge in [-0.3, -0.25) is 4.79 Å². The average Bonchev–Trinajstić information content (AvgIpc) is 2.61. The summed E-state index contributed by atoms with van der Waals surface area (Å²) < 4.78 is 11.1. The van der Waals surface area contributed by atoms with Gasteiger partial charge in [0.1, 0.15) is 5.75 Å². The second-order valence-electron chi connectivity index (χ2n) is 5.50. The maximum atomic E-state index is 12.2. The van der Waals surface area contributed by atoms with Crippen molar-refractivity contribution in [1.29, 1.82) is 0 Å². The molecule has 0 aliphatic rings. The molecule has 0 aliphatic carbocycles. The topological polar surface area (TPSA) is 35.5 Å². The van der Waals surface area contributed by atoms with Crippen LogP contribution >= 0.6 is 15.9 Å². The minimum absolute atomic E-state index is 0.226. The molecule has 4 heteroatoms. The van der Waals surface area contributed by atoms with Gasteiger partial charge in [-0.25, -0.2) is 0 Å². The van der Waals surface area contributed by atoms with Gasteiger partial charge in [0, 0.05) is 4.47 Å². The number of carbonyl (C=O) groups is 1. The molecule has 2 aromatic rings. The van der Waals surface area contributed by atoms with Crippen LogP contribution in [-0.2, 0) is 9.53 Å². The zero-order valence-corrected chi connectivity index (χ0v) is 15.5. The van der Waals surface area contributed by atoms with E-state index in [0.717, 1.165) is 26.9 Å². The van der Waals surface area contributed by atoms with Crippen LogP contribution in [0.5, 0.6) is 5.75 Å². The Morgan fingerprint density at radius 3 is 2.46 bits per heavy atom. The van der Waals surface area contributed by atoms with Crippen molar-refractivity contribution in [3.8, 4) is 5.75 Å². The number of hydrogen-bond acceptors (Lipinski definition) is 3. The van der Waals surface area contributed by atoms with E-state index in [0.29, 0.717) is 12.8 Å². The molecule has 1 unspecified atom stereocenters. The Hall–Kier alpha value is -2.07. The summed E-state index contributed by atoms with van der Waals surface area (Å²) in [7, 11) is 3.06. The first kappa shape index (κ1) is 18.3. The quantitative estimate of drug-likeness (QED) is 0.610. The van der Waals surface area contributed by atoms with Crippen molar-refractivity contribution < 1.29 is 14.3 Å². The van der Waals surface area contributed by atoms with Crippen LogP contribution in [-0.4, -0.2) is 20.2 Å². The molecule has 0 saturated carbocycles. The van der Waals surface area contributed by atoms with E-state index in [4.69, 9.17) is 9.47 Å². The smallest absolute Gasteiger partial charge is 0.313 e. The number of ether oxygens (including phenoxy) is 2. The summed E-state index contributed by atoms with van der Waals surface area (Å²) in [5.41, 5.74) is 2.98. The van der Waals surface area contributed by atoms with Gasteiger partial charge in [0.05, 0.1) is 20.1 Å². The van der Waals surface area contributed by atoms with Gasteiger partial charge in [-0.2, -0.15) is 0 Å². The van der Waals surface area contributed by atoms with Crippen molar-refractivity contribution in [2.75, 3.05) is 14.2 Å². The highest BCUT2D eigenvalue weighted by Gasteiger charge is 2.21. The van der Waals surface area contributed by atoms with E-state index in [1.807, 2.05) is 48.5 Å². The lowest BCUT2D eigenvalue weighted by molar-refractivity contribution is -0.142.